The van der Waals surface area contributed by atoms with E-state index in [0.717, 1.165) is 49.3 Å². The Bertz CT molecular complexity index is 768. The zero-order chi connectivity index (χ0) is 15.9. The lowest BCUT2D eigenvalue weighted by Crippen LogP contribution is -2.23. The molecule has 122 valence electrons. The van der Waals surface area contributed by atoms with Crippen molar-refractivity contribution in [2.24, 2.45) is 11.8 Å². The summed E-state index contributed by atoms with van der Waals surface area (Å²) in [6.45, 7) is 2.28. The topological polar surface area (TPSA) is 41.9 Å². The van der Waals surface area contributed by atoms with Gasteiger partial charge in [-0.25, -0.2) is 9.97 Å². The first kappa shape index (κ1) is 14.1. The van der Waals surface area contributed by atoms with E-state index in [1.54, 1.807) is 0 Å². The van der Waals surface area contributed by atoms with E-state index in [4.69, 9.17) is 9.97 Å². The van der Waals surface area contributed by atoms with E-state index in [1.807, 2.05) is 24.4 Å². The van der Waals surface area contributed by atoms with Gasteiger partial charge in [-0.15, -0.1) is 0 Å². The highest BCUT2D eigenvalue weighted by atomic mass is 15.2. The van der Waals surface area contributed by atoms with E-state index in [0.29, 0.717) is 0 Å². The van der Waals surface area contributed by atoms with Crippen molar-refractivity contribution in [1.29, 1.82) is 0 Å². The lowest BCUT2D eigenvalue weighted by Gasteiger charge is -2.21. The Kier molecular flexibility index (Phi) is 3.35. The number of aryl methyl sites for hydroxylation is 1. The second kappa shape index (κ2) is 5.69. The van der Waals surface area contributed by atoms with Crippen LogP contribution in [0.3, 0.4) is 0 Å². The molecule has 1 saturated heterocycles. The fourth-order valence-corrected chi connectivity index (χ4v) is 4.47. The molecule has 2 atom stereocenters. The van der Waals surface area contributed by atoms with Crippen LogP contribution in [0.5, 0.6) is 0 Å². The number of hydrogen-bond acceptors (Lipinski definition) is 4. The standard InChI is InChI=1S/C20H22N4/c1-2-7-15-13-24(12-14(15)6-1)20-16-8-5-10-17(16)22-19(23-20)18-9-3-4-11-21-18/h1-4,9,11,14-15H,5-8,10,12-13H2. The van der Waals surface area contributed by atoms with Gasteiger partial charge in [0, 0.05) is 30.5 Å². The van der Waals surface area contributed by atoms with Gasteiger partial charge < -0.3 is 4.90 Å². The summed E-state index contributed by atoms with van der Waals surface area (Å²) >= 11 is 0. The van der Waals surface area contributed by atoms with Crippen molar-refractivity contribution < 1.29 is 0 Å². The molecule has 1 aliphatic heterocycles. The molecule has 5 rings (SSSR count). The van der Waals surface area contributed by atoms with Crippen LogP contribution >= 0.6 is 0 Å². The first-order chi connectivity index (χ1) is 11.9. The van der Waals surface area contributed by atoms with Gasteiger partial charge in [-0.1, -0.05) is 18.2 Å². The Hall–Kier alpha value is -2.23. The summed E-state index contributed by atoms with van der Waals surface area (Å²) in [5.74, 6) is 3.56. The first-order valence-corrected chi connectivity index (χ1v) is 9.09. The molecule has 24 heavy (non-hydrogen) atoms. The molecule has 0 aromatic carbocycles. The molecular formula is C20H22N4. The maximum absolute atomic E-state index is 4.99. The van der Waals surface area contributed by atoms with E-state index >= 15 is 0 Å². The highest BCUT2D eigenvalue weighted by Gasteiger charge is 2.35. The molecule has 0 bridgehead atoms. The van der Waals surface area contributed by atoms with E-state index in [2.05, 4.69) is 22.0 Å². The maximum atomic E-state index is 4.99. The smallest absolute Gasteiger partial charge is 0.180 e. The van der Waals surface area contributed by atoms with Gasteiger partial charge in [-0.2, -0.15) is 0 Å². The Morgan fingerprint density at radius 1 is 0.958 bits per heavy atom. The number of fused-ring (bicyclic) bond motifs is 2. The zero-order valence-corrected chi connectivity index (χ0v) is 13.9. The van der Waals surface area contributed by atoms with Crippen molar-refractivity contribution in [1.82, 2.24) is 15.0 Å². The highest BCUT2D eigenvalue weighted by Crippen LogP contribution is 2.38. The first-order valence-electron chi connectivity index (χ1n) is 9.09. The van der Waals surface area contributed by atoms with E-state index in [1.165, 1.54) is 36.3 Å². The quantitative estimate of drug-likeness (QED) is 0.796. The third kappa shape index (κ3) is 2.32. The number of nitrogens with zero attached hydrogens (tertiary/aromatic N) is 4. The molecule has 1 fully saturated rings. The van der Waals surface area contributed by atoms with Crippen LogP contribution < -0.4 is 4.90 Å². The third-order valence-electron chi connectivity index (χ3n) is 5.73. The third-order valence-corrected chi connectivity index (χ3v) is 5.73. The van der Waals surface area contributed by atoms with Crippen LogP contribution in [-0.4, -0.2) is 28.0 Å². The summed E-state index contributed by atoms with van der Waals surface area (Å²) in [5, 5.41) is 0. The molecule has 0 spiro atoms. The predicted octanol–water partition coefficient (Wildman–Crippen LogP) is 3.43. The molecule has 3 aliphatic rings. The van der Waals surface area contributed by atoms with Gasteiger partial charge in [-0.05, 0) is 56.1 Å². The van der Waals surface area contributed by atoms with Crippen molar-refractivity contribution in [2.45, 2.75) is 32.1 Å². The maximum Gasteiger partial charge on any atom is 0.180 e. The minimum Gasteiger partial charge on any atom is -0.356 e. The largest absolute Gasteiger partial charge is 0.356 e. The highest BCUT2D eigenvalue weighted by molar-refractivity contribution is 5.59. The molecule has 4 nitrogen and oxygen atoms in total. The molecule has 2 unspecified atom stereocenters. The van der Waals surface area contributed by atoms with Crippen molar-refractivity contribution in [3.05, 3.63) is 47.8 Å². The van der Waals surface area contributed by atoms with Crippen LogP contribution in [-0.2, 0) is 12.8 Å². The number of rotatable bonds is 2. The zero-order valence-electron chi connectivity index (χ0n) is 13.9. The fraction of sp³-hybridized carbons (Fsp3) is 0.450. The van der Waals surface area contributed by atoms with E-state index in [-0.39, 0.29) is 0 Å². The Labute approximate surface area is 142 Å². The normalized spacial score (nSPS) is 24.9. The van der Waals surface area contributed by atoms with Crippen LogP contribution in [0.1, 0.15) is 30.5 Å². The number of pyridine rings is 1. The second-order valence-electron chi connectivity index (χ2n) is 7.23. The van der Waals surface area contributed by atoms with Gasteiger partial charge in [0.15, 0.2) is 5.82 Å². The average Bonchev–Trinajstić information content (AvgIpc) is 3.28. The molecule has 0 N–H and O–H groups in total. The lowest BCUT2D eigenvalue weighted by molar-refractivity contribution is 0.411. The van der Waals surface area contributed by atoms with Crippen LogP contribution in [0.15, 0.2) is 36.5 Å². The summed E-state index contributed by atoms with van der Waals surface area (Å²) < 4.78 is 0. The fourth-order valence-electron chi connectivity index (χ4n) is 4.47. The van der Waals surface area contributed by atoms with Crippen molar-refractivity contribution in [2.75, 3.05) is 18.0 Å². The van der Waals surface area contributed by atoms with Gasteiger partial charge >= 0.3 is 0 Å². The molecule has 4 heteroatoms. The van der Waals surface area contributed by atoms with Crippen LogP contribution in [0, 0.1) is 11.8 Å². The van der Waals surface area contributed by atoms with Crippen molar-refractivity contribution in [3.63, 3.8) is 0 Å². The monoisotopic (exact) mass is 318 g/mol. The second-order valence-corrected chi connectivity index (χ2v) is 7.23. The van der Waals surface area contributed by atoms with E-state index in [9.17, 15) is 0 Å². The number of aromatic nitrogens is 3. The average molecular weight is 318 g/mol. The minimum absolute atomic E-state index is 0.791. The molecule has 2 aliphatic carbocycles. The Balaban J connectivity index is 1.55. The van der Waals surface area contributed by atoms with Crippen molar-refractivity contribution >= 4 is 5.82 Å². The number of hydrogen-bond donors (Lipinski definition) is 0. The Morgan fingerprint density at radius 3 is 2.54 bits per heavy atom. The van der Waals surface area contributed by atoms with Gasteiger partial charge in [0.25, 0.3) is 0 Å². The summed E-state index contributed by atoms with van der Waals surface area (Å²) in [5.41, 5.74) is 3.52. The number of allylic oxidation sites excluding steroid dienone is 2. The lowest BCUT2D eigenvalue weighted by atomic mass is 9.86. The van der Waals surface area contributed by atoms with Gasteiger partial charge in [0.2, 0.25) is 0 Å². The predicted molar refractivity (Wildman–Crippen MR) is 94.9 cm³/mol. The summed E-state index contributed by atoms with van der Waals surface area (Å²) in [4.78, 5) is 16.8. The molecule has 0 amide bonds. The molecule has 2 aromatic heterocycles. The molecule has 3 heterocycles. The van der Waals surface area contributed by atoms with Crippen molar-refractivity contribution in [3.8, 4) is 11.5 Å². The van der Waals surface area contributed by atoms with Gasteiger partial charge in [0.05, 0.1) is 0 Å². The summed E-state index contributed by atoms with van der Waals surface area (Å²) in [6, 6.07) is 5.96. The molecule has 2 aromatic rings. The summed E-state index contributed by atoms with van der Waals surface area (Å²) in [6.07, 6.45) is 12.4. The molecule has 0 radical (unpaired) electrons. The van der Waals surface area contributed by atoms with Gasteiger partial charge in [0.1, 0.15) is 11.5 Å². The van der Waals surface area contributed by atoms with E-state index < -0.39 is 0 Å². The SMILES string of the molecule is C1=CCC2CN(c3nc(-c4ccccn4)nc4c3CCC4)CC2C1. The van der Waals surface area contributed by atoms with Crippen LogP contribution in [0.25, 0.3) is 11.5 Å². The van der Waals surface area contributed by atoms with Crippen LogP contribution in [0.2, 0.25) is 0 Å². The van der Waals surface area contributed by atoms with Crippen LogP contribution in [0.4, 0.5) is 5.82 Å². The minimum atomic E-state index is 0.791. The number of anilines is 1. The van der Waals surface area contributed by atoms with Gasteiger partial charge in [-0.3, -0.25) is 4.98 Å². The molecule has 0 saturated carbocycles. The molecular weight excluding hydrogens is 296 g/mol. The summed E-state index contributed by atoms with van der Waals surface area (Å²) in [7, 11) is 0. The Morgan fingerprint density at radius 2 is 1.79 bits per heavy atom.